The number of benzene rings is 3. The summed E-state index contributed by atoms with van der Waals surface area (Å²) in [6, 6.07) is 17.0. The van der Waals surface area contributed by atoms with E-state index in [-0.39, 0.29) is 40.6 Å². The lowest BCUT2D eigenvalue weighted by atomic mass is 9.82. The number of esters is 1. The Morgan fingerprint density at radius 3 is 2.19 bits per heavy atom. The second kappa shape index (κ2) is 8.51. The average Bonchev–Trinajstić information content (AvgIpc) is 2.79. The molecule has 6 heteroatoms. The maximum absolute atomic E-state index is 13.1. The Morgan fingerprint density at radius 2 is 1.56 bits per heavy atom. The molecule has 0 bridgehead atoms. The number of carbonyl (C=O) groups excluding carboxylic acids is 3. The van der Waals surface area contributed by atoms with Crippen LogP contribution in [0.5, 0.6) is 5.75 Å². The highest BCUT2D eigenvalue weighted by atomic mass is 16.5. The molecule has 0 saturated heterocycles. The normalized spacial score (nSPS) is 12.0. The number of anilines is 2. The van der Waals surface area contributed by atoms with Crippen molar-refractivity contribution >= 4 is 28.9 Å². The first-order valence-electron chi connectivity index (χ1n) is 10.1. The fourth-order valence-electron chi connectivity index (χ4n) is 3.61. The largest absolute Gasteiger partial charge is 0.507 e. The molecule has 0 heterocycles. The van der Waals surface area contributed by atoms with Crippen molar-refractivity contribution in [3.8, 4) is 5.75 Å². The average molecular weight is 427 g/mol. The third-order valence-electron chi connectivity index (χ3n) is 5.26. The highest BCUT2D eigenvalue weighted by molar-refractivity contribution is 6.31. The van der Waals surface area contributed by atoms with Crippen molar-refractivity contribution in [2.45, 2.75) is 13.3 Å². The van der Waals surface area contributed by atoms with Gasteiger partial charge in [-0.3, -0.25) is 9.59 Å². The zero-order valence-electron chi connectivity index (χ0n) is 17.5. The number of ketones is 2. The van der Waals surface area contributed by atoms with Crippen LogP contribution in [0.4, 0.5) is 11.4 Å². The molecule has 0 fully saturated rings. The summed E-state index contributed by atoms with van der Waals surface area (Å²) in [4.78, 5) is 37.5. The SMILES string of the molecule is C=C(C)C(=O)OCCc1ccc(Nc2ccc(O)c3c2C(=O)c2ccccc2C3=O)cc1. The lowest BCUT2D eigenvalue weighted by Gasteiger charge is -2.21. The monoisotopic (exact) mass is 427 g/mol. The van der Waals surface area contributed by atoms with Crippen molar-refractivity contribution < 1.29 is 24.2 Å². The molecule has 2 N–H and O–H groups in total. The Balaban J connectivity index is 1.56. The van der Waals surface area contributed by atoms with Crippen LogP contribution in [0.25, 0.3) is 0 Å². The summed E-state index contributed by atoms with van der Waals surface area (Å²) in [5.74, 6) is -1.33. The molecule has 0 radical (unpaired) electrons. The molecular formula is C26H21NO5. The summed E-state index contributed by atoms with van der Waals surface area (Å²) in [5.41, 5.74) is 3.25. The number of phenolic OH excluding ortho intramolecular Hbond substituents is 1. The van der Waals surface area contributed by atoms with Gasteiger partial charge < -0.3 is 15.2 Å². The van der Waals surface area contributed by atoms with Crippen molar-refractivity contribution in [1.29, 1.82) is 0 Å². The van der Waals surface area contributed by atoms with Crippen LogP contribution in [-0.4, -0.2) is 29.2 Å². The summed E-state index contributed by atoms with van der Waals surface area (Å²) in [6.07, 6.45) is 0.553. The number of phenols is 1. The number of carbonyl (C=O) groups is 3. The molecule has 0 saturated carbocycles. The van der Waals surface area contributed by atoms with E-state index in [2.05, 4.69) is 11.9 Å². The Kier molecular flexibility index (Phi) is 5.60. The highest BCUT2D eigenvalue weighted by Crippen LogP contribution is 2.37. The van der Waals surface area contributed by atoms with E-state index >= 15 is 0 Å². The summed E-state index contributed by atoms with van der Waals surface area (Å²) in [7, 11) is 0. The number of hydrogen-bond donors (Lipinski definition) is 2. The zero-order valence-corrected chi connectivity index (χ0v) is 17.5. The predicted octanol–water partition coefficient (Wildman–Crippen LogP) is 4.57. The quantitative estimate of drug-likeness (QED) is 0.266. The number of aromatic hydroxyl groups is 1. The van der Waals surface area contributed by atoms with E-state index in [0.717, 1.165) is 5.56 Å². The van der Waals surface area contributed by atoms with Gasteiger partial charge in [0.2, 0.25) is 0 Å². The highest BCUT2D eigenvalue weighted by Gasteiger charge is 2.33. The lowest BCUT2D eigenvalue weighted by Crippen LogP contribution is -2.22. The first-order valence-corrected chi connectivity index (χ1v) is 10.1. The van der Waals surface area contributed by atoms with Crippen LogP contribution in [-0.2, 0) is 16.0 Å². The number of hydrogen-bond acceptors (Lipinski definition) is 6. The van der Waals surface area contributed by atoms with E-state index in [1.165, 1.54) is 6.07 Å². The molecule has 0 aliphatic heterocycles. The maximum atomic E-state index is 13.1. The first-order chi connectivity index (χ1) is 15.4. The van der Waals surface area contributed by atoms with Crippen LogP contribution >= 0.6 is 0 Å². The van der Waals surface area contributed by atoms with Gasteiger partial charge in [0.25, 0.3) is 0 Å². The minimum Gasteiger partial charge on any atom is -0.507 e. The number of nitrogens with one attached hydrogen (secondary N) is 1. The van der Waals surface area contributed by atoms with Crippen LogP contribution in [0.1, 0.15) is 44.3 Å². The molecule has 6 nitrogen and oxygen atoms in total. The number of fused-ring (bicyclic) bond motifs is 2. The van der Waals surface area contributed by atoms with Gasteiger partial charge in [-0.2, -0.15) is 0 Å². The molecule has 0 amide bonds. The second-order valence-electron chi connectivity index (χ2n) is 7.57. The van der Waals surface area contributed by atoms with E-state index < -0.39 is 5.97 Å². The third kappa shape index (κ3) is 3.90. The summed E-state index contributed by atoms with van der Waals surface area (Å²) in [6.45, 7) is 5.40. The van der Waals surface area contributed by atoms with Gasteiger partial charge in [-0.25, -0.2) is 4.79 Å². The molecule has 0 unspecified atom stereocenters. The predicted molar refractivity (Wildman–Crippen MR) is 121 cm³/mol. The maximum Gasteiger partial charge on any atom is 0.333 e. The van der Waals surface area contributed by atoms with Gasteiger partial charge in [0.1, 0.15) is 5.75 Å². The first kappa shape index (κ1) is 21.1. The molecule has 0 atom stereocenters. The molecule has 160 valence electrons. The minimum absolute atomic E-state index is 0.00893. The second-order valence-corrected chi connectivity index (χ2v) is 7.57. The third-order valence-corrected chi connectivity index (χ3v) is 5.26. The molecule has 0 aromatic heterocycles. The van der Waals surface area contributed by atoms with Crippen molar-refractivity contribution in [2.24, 2.45) is 0 Å². The molecule has 1 aliphatic rings. The van der Waals surface area contributed by atoms with E-state index in [0.29, 0.717) is 28.9 Å². The Labute approximate surface area is 185 Å². The van der Waals surface area contributed by atoms with Crippen LogP contribution in [0, 0.1) is 0 Å². The van der Waals surface area contributed by atoms with Gasteiger partial charge in [-0.05, 0) is 36.8 Å². The van der Waals surface area contributed by atoms with E-state index in [1.807, 2.05) is 24.3 Å². The van der Waals surface area contributed by atoms with Crippen LogP contribution < -0.4 is 5.32 Å². The van der Waals surface area contributed by atoms with Crippen molar-refractivity contribution in [1.82, 2.24) is 0 Å². The molecule has 0 spiro atoms. The molecule has 1 aliphatic carbocycles. The molecule has 3 aromatic carbocycles. The Morgan fingerprint density at radius 1 is 0.938 bits per heavy atom. The summed E-state index contributed by atoms with van der Waals surface area (Å²) in [5, 5.41) is 13.5. The van der Waals surface area contributed by atoms with E-state index in [1.54, 1.807) is 37.3 Å². The number of ether oxygens (including phenoxy) is 1. The Bertz CT molecular complexity index is 1260. The number of rotatable bonds is 6. The van der Waals surface area contributed by atoms with Gasteiger partial charge in [-0.15, -0.1) is 0 Å². The van der Waals surface area contributed by atoms with Gasteiger partial charge in [-0.1, -0.05) is 43.0 Å². The van der Waals surface area contributed by atoms with Gasteiger partial charge in [0.15, 0.2) is 11.6 Å². The molecule has 3 aromatic rings. The van der Waals surface area contributed by atoms with Gasteiger partial charge in [0, 0.05) is 28.8 Å². The van der Waals surface area contributed by atoms with E-state index in [4.69, 9.17) is 4.74 Å². The van der Waals surface area contributed by atoms with Crippen LogP contribution in [0.2, 0.25) is 0 Å². The van der Waals surface area contributed by atoms with Crippen LogP contribution in [0.15, 0.2) is 72.8 Å². The van der Waals surface area contributed by atoms with Crippen molar-refractivity contribution in [3.63, 3.8) is 0 Å². The summed E-state index contributed by atoms with van der Waals surface area (Å²) < 4.78 is 5.11. The van der Waals surface area contributed by atoms with E-state index in [9.17, 15) is 19.5 Å². The molecule has 4 rings (SSSR count). The zero-order chi connectivity index (χ0) is 22.8. The van der Waals surface area contributed by atoms with Crippen molar-refractivity contribution in [2.75, 3.05) is 11.9 Å². The smallest absolute Gasteiger partial charge is 0.333 e. The van der Waals surface area contributed by atoms with Crippen LogP contribution in [0.3, 0.4) is 0 Å². The fourth-order valence-corrected chi connectivity index (χ4v) is 3.61. The molecular weight excluding hydrogens is 406 g/mol. The minimum atomic E-state index is -0.416. The topological polar surface area (TPSA) is 92.7 Å². The van der Waals surface area contributed by atoms with Crippen molar-refractivity contribution in [3.05, 3.63) is 101 Å². The standard InChI is InChI=1S/C26H21NO5/c1-15(2)26(31)32-14-13-16-7-9-17(10-8-16)27-20-11-12-21(28)23-22(20)24(29)18-5-3-4-6-19(18)25(23)30/h3-12,27-28H,1,13-14H2,2H3. The summed E-state index contributed by atoms with van der Waals surface area (Å²) >= 11 is 0. The fraction of sp³-hybridized carbons (Fsp3) is 0.115. The molecule has 32 heavy (non-hydrogen) atoms. The van der Waals surface area contributed by atoms with Gasteiger partial charge >= 0.3 is 5.97 Å². The Hall–Kier alpha value is -4.19. The van der Waals surface area contributed by atoms with Gasteiger partial charge in [0.05, 0.1) is 23.4 Å². The lowest BCUT2D eigenvalue weighted by molar-refractivity contribution is -0.138.